The Hall–Kier alpha value is -2.14. The molecule has 2 aromatic carbocycles. The Bertz CT molecular complexity index is 886. The van der Waals surface area contributed by atoms with Gasteiger partial charge in [0.2, 0.25) is 0 Å². The number of furan rings is 1. The minimum absolute atomic E-state index is 0.188. The highest BCUT2D eigenvalue weighted by atomic mass is 79.9. The number of halogens is 2. The number of carbonyl (C=O) groups is 1. The van der Waals surface area contributed by atoms with Crippen LogP contribution in [-0.4, -0.2) is 5.91 Å². The molecule has 0 aliphatic heterocycles. The Morgan fingerprint density at radius 3 is 2.68 bits per heavy atom. The lowest BCUT2D eigenvalue weighted by Gasteiger charge is -2.07. The highest BCUT2D eigenvalue weighted by molar-refractivity contribution is 9.10. The molecule has 1 amide bonds. The topological polar surface area (TPSA) is 42.2 Å². The van der Waals surface area contributed by atoms with E-state index in [1.165, 1.54) is 18.2 Å². The molecule has 1 aromatic heterocycles. The van der Waals surface area contributed by atoms with Crippen LogP contribution in [0.15, 0.2) is 45.3 Å². The Balaban J connectivity index is 1.97. The lowest BCUT2D eigenvalue weighted by atomic mass is 10.1. The predicted octanol–water partition coefficient (Wildman–Crippen LogP) is 5.20. The van der Waals surface area contributed by atoms with Crippen molar-refractivity contribution >= 4 is 38.5 Å². The van der Waals surface area contributed by atoms with Gasteiger partial charge in [0, 0.05) is 15.4 Å². The molecule has 0 spiro atoms. The van der Waals surface area contributed by atoms with Crippen molar-refractivity contribution in [2.24, 2.45) is 0 Å². The van der Waals surface area contributed by atoms with Crippen molar-refractivity contribution in [1.29, 1.82) is 0 Å². The molecule has 1 heterocycles. The van der Waals surface area contributed by atoms with E-state index in [-0.39, 0.29) is 17.5 Å². The van der Waals surface area contributed by atoms with Gasteiger partial charge in [0.05, 0.1) is 5.69 Å². The molecule has 0 saturated heterocycles. The van der Waals surface area contributed by atoms with Gasteiger partial charge in [-0.25, -0.2) is 4.39 Å². The van der Waals surface area contributed by atoms with Gasteiger partial charge in [-0.2, -0.15) is 0 Å². The molecule has 112 valence electrons. The van der Waals surface area contributed by atoms with Crippen molar-refractivity contribution in [1.82, 2.24) is 0 Å². The number of fused-ring (bicyclic) bond motifs is 1. The highest BCUT2D eigenvalue weighted by Crippen LogP contribution is 2.28. The number of nitrogens with one attached hydrogen (secondary N) is 1. The molecule has 0 saturated carbocycles. The normalized spacial score (nSPS) is 10.9. The minimum atomic E-state index is -0.362. The molecular weight excluding hydrogens is 349 g/mol. The Labute approximate surface area is 135 Å². The van der Waals surface area contributed by atoms with E-state index in [4.69, 9.17) is 4.42 Å². The molecule has 0 bridgehead atoms. The van der Waals surface area contributed by atoms with E-state index in [9.17, 15) is 9.18 Å². The highest BCUT2D eigenvalue weighted by Gasteiger charge is 2.18. The molecular formula is C17H13BrFNO2. The maximum Gasteiger partial charge on any atom is 0.291 e. The summed E-state index contributed by atoms with van der Waals surface area (Å²) in [6, 6.07) is 9.83. The van der Waals surface area contributed by atoms with Gasteiger partial charge in [-0.1, -0.05) is 6.07 Å². The third kappa shape index (κ3) is 2.64. The monoisotopic (exact) mass is 361 g/mol. The summed E-state index contributed by atoms with van der Waals surface area (Å²) in [6.07, 6.45) is 0. The average Bonchev–Trinajstić information content (AvgIpc) is 2.79. The summed E-state index contributed by atoms with van der Waals surface area (Å²) in [5.41, 5.74) is 2.85. The lowest BCUT2D eigenvalue weighted by molar-refractivity contribution is 0.0998. The zero-order valence-corrected chi connectivity index (χ0v) is 13.6. The molecule has 0 fully saturated rings. The fourth-order valence-corrected chi connectivity index (χ4v) is 2.90. The second kappa shape index (κ2) is 5.57. The molecule has 3 nitrogen and oxygen atoms in total. The number of hydrogen-bond donors (Lipinski definition) is 1. The maximum atomic E-state index is 13.3. The quantitative estimate of drug-likeness (QED) is 0.681. The van der Waals surface area contributed by atoms with Crippen LogP contribution in [0.4, 0.5) is 10.1 Å². The summed E-state index contributed by atoms with van der Waals surface area (Å²) in [5.74, 6) is -0.531. The van der Waals surface area contributed by atoms with Gasteiger partial charge >= 0.3 is 0 Å². The van der Waals surface area contributed by atoms with E-state index in [0.717, 1.165) is 10.0 Å². The summed E-state index contributed by atoms with van der Waals surface area (Å²) < 4.78 is 19.7. The molecule has 0 unspecified atom stereocenters. The van der Waals surface area contributed by atoms with Crippen molar-refractivity contribution in [3.05, 3.63) is 63.6 Å². The van der Waals surface area contributed by atoms with E-state index in [1.807, 2.05) is 25.1 Å². The second-order valence-electron chi connectivity index (χ2n) is 5.13. The molecule has 1 N–H and O–H groups in total. The zero-order valence-electron chi connectivity index (χ0n) is 12.0. The van der Waals surface area contributed by atoms with E-state index < -0.39 is 0 Å². The smallest absolute Gasteiger partial charge is 0.291 e. The summed E-state index contributed by atoms with van der Waals surface area (Å²) >= 11 is 3.42. The standard InChI is InChI=1S/C17H13BrFNO2/c1-9-3-5-14(13(18)7-9)20-17(21)16-10(2)12-8-11(19)4-6-15(12)22-16/h3-8H,1-2H3,(H,20,21). The van der Waals surface area contributed by atoms with Crippen molar-refractivity contribution in [2.45, 2.75) is 13.8 Å². The first-order valence-corrected chi connectivity index (χ1v) is 7.51. The van der Waals surface area contributed by atoms with Crippen LogP contribution in [-0.2, 0) is 0 Å². The molecule has 22 heavy (non-hydrogen) atoms. The van der Waals surface area contributed by atoms with Gasteiger partial charge in [0.1, 0.15) is 11.4 Å². The van der Waals surface area contributed by atoms with Crippen LogP contribution in [0.1, 0.15) is 21.7 Å². The van der Waals surface area contributed by atoms with Crippen molar-refractivity contribution in [2.75, 3.05) is 5.32 Å². The summed E-state index contributed by atoms with van der Waals surface area (Å²) in [5, 5.41) is 3.40. The van der Waals surface area contributed by atoms with Crippen LogP contribution in [0.25, 0.3) is 11.0 Å². The minimum Gasteiger partial charge on any atom is -0.451 e. The number of rotatable bonds is 2. The van der Waals surface area contributed by atoms with Crippen LogP contribution in [0.3, 0.4) is 0 Å². The van der Waals surface area contributed by atoms with Gasteiger partial charge in [-0.15, -0.1) is 0 Å². The number of benzene rings is 2. The fourth-order valence-electron chi connectivity index (χ4n) is 2.31. The predicted molar refractivity (Wildman–Crippen MR) is 87.7 cm³/mol. The van der Waals surface area contributed by atoms with Gasteiger partial charge in [0.25, 0.3) is 5.91 Å². The summed E-state index contributed by atoms with van der Waals surface area (Å²) in [6.45, 7) is 3.71. The van der Waals surface area contributed by atoms with Crippen molar-refractivity contribution < 1.29 is 13.6 Å². The van der Waals surface area contributed by atoms with Crippen LogP contribution < -0.4 is 5.32 Å². The van der Waals surface area contributed by atoms with E-state index in [2.05, 4.69) is 21.2 Å². The Kier molecular flexibility index (Phi) is 3.74. The van der Waals surface area contributed by atoms with E-state index >= 15 is 0 Å². The molecule has 3 rings (SSSR count). The van der Waals surface area contributed by atoms with Crippen LogP contribution in [0, 0.1) is 19.7 Å². The first-order valence-electron chi connectivity index (χ1n) is 6.72. The molecule has 0 radical (unpaired) electrons. The molecule has 0 aliphatic rings. The molecule has 0 atom stereocenters. The first kappa shape index (κ1) is 14.8. The van der Waals surface area contributed by atoms with Gasteiger partial charge in [-0.05, 0) is 65.7 Å². The maximum absolute atomic E-state index is 13.3. The van der Waals surface area contributed by atoms with Crippen LogP contribution >= 0.6 is 15.9 Å². The van der Waals surface area contributed by atoms with Crippen molar-refractivity contribution in [3.8, 4) is 0 Å². The van der Waals surface area contributed by atoms with Crippen LogP contribution in [0.5, 0.6) is 0 Å². The molecule has 5 heteroatoms. The van der Waals surface area contributed by atoms with Gasteiger partial charge in [-0.3, -0.25) is 4.79 Å². The molecule has 0 aliphatic carbocycles. The zero-order chi connectivity index (χ0) is 15.9. The molecule has 3 aromatic rings. The van der Waals surface area contributed by atoms with E-state index in [0.29, 0.717) is 22.2 Å². The number of amides is 1. The first-order chi connectivity index (χ1) is 10.5. The van der Waals surface area contributed by atoms with Gasteiger partial charge in [0.15, 0.2) is 5.76 Å². The second-order valence-corrected chi connectivity index (χ2v) is 5.99. The average molecular weight is 362 g/mol. The number of hydrogen-bond acceptors (Lipinski definition) is 2. The number of anilines is 1. The van der Waals surface area contributed by atoms with E-state index in [1.54, 1.807) is 6.92 Å². The van der Waals surface area contributed by atoms with Crippen molar-refractivity contribution in [3.63, 3.8) is 0 Å². The largest absolute Gasteiger partial charge is 0.451 e. The Morgan fingerprint density at radius 1 is 1.18 bits per heavy atom. The summed E-state index contributed by atoms with van der Waals surface area (Å²) in [4.78, 5) is 12.4. The Morgan fingerprint density at radius 2 is 1.95 bits per heavy atom. The lowest BCUT2D eigenvalue weighted by Crippen LogP contribution is -2.12. The third-order valence-corrected chi connectivity index (χ3v) is 4.13. The number of carbonyl (C=O) groups excluding carboxylic acids is 1. The van der Waals surface area contributed by atoms with Gasteiger partial charge < -0.3 is 9.73 Å². The fraction of sp³-hybridized carbons (Fsp3) is 0.118. The van der Waals surface area contributed by atoms with Crippen LogP contribution in [0.2, 0.25) is 0 Å². The summed E-state index contributed by atoms with van der Waals surface area (Å²) in [7, 11) is 0. The third-order valence-electron chi connectivity index (χ3n) is 3.48. The SMILES string of the molecule is Cc1ccc(NC(=O)c2oc3ccc(F)cc3c2C)c(Br)c1. The number of aryl methyl sites for hydroxylation is 2.